The number of amides is 1. The summed E-state index contributed by atoms with van der Waals surface area (Å²) in [5.41, 5.74) is 3.28. The van der Waals surface area contributed by atoms with Gasteiger partial charge in [0, 0.05) is 31.5 Å². The minimum absolute atomic E-state index is 0.0536. The second kappa shape index (κ2) is 7.27. The number of rotatable bonds is 4. The molecule has 1 atom stereocenters. The molecule has 2 aromatic heterocycles. The van der Waals surface area contributed by atoms with Crippen molar-refractivity contribution in [1.82, 2.24) is 24.4 Å². The van der Waals surface area contributed by atoms with Crippen molar-refractivity contribution in [3.8, 4) is 0 Å². The SMILES string of the molecule is CC(C)C(=O)N1CCc2nc3cc([C@H]4CCCCN4CC4CC4)[nH]n3c(=O)c2C1. The van der Waals surface area contributed by atoms with Crippen LogP contribution in [0.5, 0.6) is 0 Å². The molecule has 7 heteroatoms. The van der Waals surface area contributed by atoms with E-state index in [1.54, 1.807) is 9.42 Å². The summed E-state index contributed by atoms with van der Waals surface area (Å²) in [6, 6.07) is 2.42. The van der Waals surface area contributed by atoms with Crippen LogP contribution in [-0.2, 0) is 17.8 Å². The number of H-pyrrole nitrogens is 1. The number of nitrogens with one attached hydrogen (secondary N) is 1. The molecule has 2 aromatic rings. The number of carbonyl (C=O) groups excluding carboxylic acids is 1. The summed E-state index contributed by atoms with van der Waals surface area (Å²) in [4.78, 5) is 34.8. The smallest absolute Gasteiger partial charge is 0.277 e. The quantitative estimate of drug-likeness (QED) is 0.860. The van der Waals surface area contributed by atoms with Crippen LogP contribution in [-0.4, -0.2) is 49.9 Å². The minimum atomic E-state index is -0.0585. The summed E-state index contributed by atoms with van der Waals surface area (Å²) in [7, 11) is 0. The lowest BCUT2D eigenvalue weighted by atomic mass is 9.99. The van der Waals surface area contributed by atoms with Crippen LogP contribution in [0.25, 0.3) is 5.65 Å². The monoisotopic (exact) mass is 397 g/mol. The van der Waals surface area contributed by atoms with Crippen molar-refractivity contribution < 1.29 is 4.79 Å². The van der Waals surface area contributed by atoms with Crippen LogP contribution in [0.4, 0.5) is 0 Å². The third-order valence-electron chi connectivity index (χ3n) is 6.75. The predicted octanol–water partition coefficient (Wildman–Crippen LogP) is 2.50. The molecule has 0 aromatic carbocycles. The number of aromatic amines is 1. The fourth-order valence-electron chi connectivity index (χ4n) is 4.92. The minimum Gasteiger partial charge on any atom is -0.337 e. The number of fused-ring (bicyclic) bond motifs is 2. The molecule has 2 aliphatic heterocycles. The molecule has 156 valence electrons. The molecule has 1 amide bonds. The molecule has 7 nitrogen and oxygen atoms in total. The van der Waals surface area contributed by atoms with Crippen molar-refractivity contribution in [2.75, 3.05) is 19.6 Å². The van der Waals surface area contributed by atoms with E-state index in [4.69, 9.17) is 4.98 Å². The van der Waals surface area contributed by atoms with Crippen LogP contribution in [0.1, 0.15) is 68.9 Å². The molecule has 0 bridgehead atoms. The van der Waals surface area contributed by atoms with E-state index in [1.807, 2.05) is 13.8 Å². The Balaban J connectivity index is 1.47. The molecule has 4 heterocycles. The molecule has 0 radical (unpaired) electrons. The number of hydrogen-bond donors (Lipinski definition) is 1. The highest BCUT2D eigenvalue weighted by Gasteiger charge is 2.32. The lowest BCUT2D eigenvalue weighted by Gasteiger charge is -2.35. The van der Waals surface area contributed by atoms with Crippen molar-refractivity contribution in [2.45, 2.75) is 65.0 Å². The van der Waals surface area contributed by atoms with Gasteiger partial charge in [0.2, 0.25) is 5.91 Å². The van der Waals surface area contributed by atoms with E-state index in [0.717, 1.165) is 30.3 Å². The van der Waals surface area contributed by atoms with Gasteiger partial charge in [-0.3, -0.25) is 19.6 Å². The summed E-state index contributed by atoms with van der Waals surface area (Å²) in [6.07, 6.45) is 6.98. The summed E-state index contributed by atoms with van der Waals surface area (Å²) in [5.74, 6) is 0.902. The second-order valence-corrected chi connectivity index (χ2v) is 9.36. The Morgan fingerprint density at radius 2 is 2.07 bits per heavy atom. The summed E-state index contributed by atoms with van der Waals surface area (Å²) in [6.45, 7) is 7.13. The number of piperidine rings is 1. The normalized spacial score (nSPS) is 23.0. The van der Waals surface area contributed by atoms with Crippen molar-refractivity contribution in [3.63, 3.8) is 0 Å². The van der Waals surface area contributed by atoms with Gasteiger partial charge in [0.1, 0.15) is 0 Å². The second-order valence-electron chi connectivity index (χ2n) is 9.36. The van der Waals surface area contributed by atoms with Crippen LogP contribution in [0.2, 0.25) is 0 Å². The number of hydrogen-bond acceptors (Lipinski definition) is 4. The first-order valence-electron chi connectivity index (χ1n) is 11.2. The molecule has 1 N–H and O–H groups in total. The molecule has 2 fully saturated rings. The lowest BCUT2D eigenvalue weighted by Crippen LogP contribution is -2.42. The Hall–Kier alpha value is -2.15. The molecular formula is C22H31N5O2. The number of nitrogens with zero attached hydrogens (tertiary/aromatic N) is 4. The van der Waals surface area contributed by atoms with Crippen molar-refractivity contribution >= 4 is 11.6 Å². The molecule has 3 aliphatic rings. The van der Waals surface area contributed by atoms with Crippen LogP contribution in [0, 0.1) is 11.8 Å². The van der Waals surface area contributed by atoms with Gasteiger partial charge in [-0.2, -0.15) is 0 Å². The average molecular weight is 398 g/mol. The fraction of sp³-hybridized carbons (Fsp3) is 0.682. The van der Waals surface area contributed by atoms with Gasteiger partial charge in [0.05, 0.1) is 29.5 Å². The Labute approximate surface area is 171 Å². The van der Waals surface area contributed by atoms with Crippen LogP contribution < -0.4 is 5.56 Å². The fourth-order valence-corrected chi connectivity index (χ4v) is 4.92. The number of likely N-dealkylation sites (tertiary alicyclic amines) is 1. The van der Waals surface area contributed by atoms with Crippen molar-refractivity contribution in [1.29, 1.82) is 0 Å². The lowest BCUT2D eigenvalue weighted by molar-refractivity contribution is -0.135. The molecule has 1 saturated carbocycles. The van der Waals surface area contributed by atoms with Gasteiger partial charge in [-0.25, -0.2) is 9.50 Å². The molecular weight excluding hydrogens is 366 g/mol. The van der Waals surface area contributed by atoms with Crippen LogP contribution in [0.3, 0.4) is 0 Å². The van der Waals surface area contributed by atoms with Crippen LogP contribution in [0.15, 0.2) is 10.9 Å². The van der Waals surface area contributed by atoms with E-state index in [0.29, 0.717) is 36.8 Å². The molecule has 0 unspecified atom stereocenters. The number of carbonyl (C=O) groups is 1. The standard InChI is InChI=1S/C22H31N5O2/c1-14(2)21(28)26-10-8-17-16(13-26)22(29)27-20(23-17)11-18(24-27)19-5-3-4-9-25(19)12-15-6-7-15/h11,14-15,19,24H,3-10,12-13H2,1-2H3/t19-/m1/s1. The maximum atomic E-state index is 13.2. The van der Waals surface area contributed by atoms with E-state index in [-0.39, 0.29) is 17.4 Å². The van der Waals surface area contributed by atoms with Crippen molar-refractivity contribution in [2.24, 2.45) is 11.8 Å². The Kier molecular flexibility index (Phi) is 4.73. The zero-order valence-electron chi connectivity index (χ0n) is 17.5. The largest absolute Gasteiger partial charge is 0.337 e. The van der Waals surface area contributed by atoms with E-state index in [9.17, 15) is 9.59 Å². The molecule has 1 saturated heterocycles. The average Bonchev–Trinajstić information content (AvgIpc) is 3.43. The van der Waals surface area contributed by atoms with E-state index < -0.39 is 0 Å². The third-order valence-corrected chi connectivity index (χ3v) is 6.75. The van der Waals surface area contributed by atoms with Gasteiger partial charge in [-0.05, 0) is 38.1 Å². The van der Waals surface area contributed by atoms with Gasteiger partial charge in [-0.15, -0.1) is 0 Å². The summed E-state index contributed by atoms with van der Waals surface area (Å²) < 4.78 is 1.60. The van der Waals surface area contributed by atoms with Gasteiger partial charge in [-0.1, -0.05) is 20.3 Å². The van der Waals surface area contributed by atoms with E-state index in [2.05, 4.69) is 16.1 Å². The highest BCUT2D eigenvalue weighted by Crippen LogP contribution is 2.36. The Bertz CT molecular complexity index is 987. The highest BCUT2D eigenvalue weighted by atomic mass is 16.2. The first-order valence-corrected chi connectivity index (χ1v) is 11.2. The molecule has 5 rings (SSSR count). The Morgan fingerprint density at radius 1 is 1.24 bits per heavy atom. The first-order chi connectivity index (χ1) is 14.0. The zero-order chi connectivity index (χ0) is 20.1. The first kappa shape index (κ1) is 18.9. The molecule has 0 spiro atoms. The van der Waals surface area contributed by atoms with Crippen LogP contribution >= 0.6 is 0 Å². The van der Waals surface area contributed by atoms with Gasteiger partial charge >= 0.3 is 0 Å². The molecule has 29 heavy (non-hydrogen) atoms. The third kappa shape index (κ3) is 3.50. The Morgan fingerprint density at radius 3 is 2.83 bits per heavy atom. The zero-order valence-corrected chi connectivity index (χ0v) is 17.5. The van der Waals surface area contributed by atoms with E-state index in [1.165, 1.54) is 32.2 Å². The predicted molar refractivity (Wildman–Crippen MR) is 111 cm³/mol. The van der Waals surface area contributed by atoms with Gasteiger partial charge in [0.25, 0.3) is 5.56 Å². The summed E-state index contributed by atoms with van der Waals surface area (Å²) in [5, 5.41) is 3.37. The maximum absolute atomic E-state index is 13.2. The molecule has 1 aliphatic carbocycles. The summed E-state index contributed by atoms with van der Waals surface area (Å²) >= 11 is 0. The van der Waals surface area contributed by atoms with Gasteiger partial charge < -0.3 is 4.90 Å². The van der Waals surface area contributed by atoms with Gasteiger partial charge in [0.15, 0.2) is 5.65 Å². The maximum Gasteiger partial charge on any atom is 0.277 e. The highest BCUT2D eigenvalue weighted by molar-refractivity contribution is 5.78. The topological polar surface area (TPSA) is 73.7 Å². The number of aromatic nitrogens is 3. The van der Waals surface area contributed by atoms with E-state index >= 15 is 0 Å². The van der Waals surface area contributed by atoms with Crippen molar-refractivity contribution in [3.05, 3.63) is 33.4 Å².